The fourth-order valence-corrected chi connectivity index (χ4v) is 2.14. The van der Waals surface area contributed by atoms with Crippen LogP contribution in [0.2, 0.25) is 0 Å². The van der Waals surface area contributed by atoms with Crippen LogP contribution >= 0.6 is 24.0 Å². The Balaban J connectivity index is 0.00000288. The zero-order valence-electron chi connectivity index (χ0n) is 14.2. The summed E-state index contributed by atoms with van der Waals surface area (Å²) in [5.74, 6) is 1.43. The van der Waals surface area contributed by atoms with Gasteiger partial charge >= 0.3 is 0 Å². The number of benzene rings is 1. The molecule has 0 aliphatic rings. The van der Waals surface area contributed by atoms with Crippen molar-refractivity contribution in [2.24, 2.45) is 4.99 Å². The molecule has 0 aliphatic heterocycles. The predicted molar refractivity (Wildman–Crippen MR) is 109 cm³/mol. The Bertz CT molecular complexity index is 619. The summed E-state index contributed by atoms with van der Waals surface area (Å²) in [6.45, 7) is 4.32. The third-order valence-electron chi connectivity index (χ3n) is 3.32. The lowest BCUT2D eigenvalue weighted by Crippen LogP contribution is -2.38. The lowest BCUT2D eigenvalue weighted by molar-refractivity contribution is 0.397. The second-order valence-electron chi connectivity index (χ2n) is 5.06. The Hall–Kier alpha value is -1.83. The van der Waals surface area contributed by atoms with Gasteiger partial charge in [-0.3, -0.25) is 0 Å². The average molecular weight is 440 g/mol. The highest BCUT2D eigenvalue weighted by Crippen LogP contribution is 2.09. The van der Waals surface area contributed by atoms with Crippen LogP contribution < -0.4 is 15.4 Å². The smallest absolute Gasteiger partial charge is 0.213 e. The first-order chi connectivity index (χ1) is 11.3. The number of nitrogens with one attached hydrogen (secondary N) is 2. The lowest BCUT2D eigenvalue weighted by atomic mass is 10.1. The van der Waals surface area contributed by atoms with Crippen molar-refractivity contribution >= 4 is 29.9 Å². The molecule has 0 unspecified atom stereocenters. The maximum Gasteiger partial charge on any atom is 0.213 e. The van der Waals surface area contributed by atoms with Crippen molar-refractivity contribution in [2.75, 3.05) is 20.2 Å². The molecule has 2 aromatic rings. The highest BCUT2D eigenvalue weighted by atomic mass is 127. The van der Waals surface area contributed by atoms with E-state index in [0.29, 0.717) is 12.4 Å². The molecule has 0 amide bonds. The van der Waals surface area contributed by atoms with Gasteiger partial charge in [0.05, 0.1) is 13.7 Å². The number of hydrogen-bond donors (Lipinski definition) is 2. The highest BCUT2D eigenvalue weighted by Gasteiger charge is 2.00. The standard InChI is InChI=1S/C18H24N4O.HI/c1-3-19-18(21-12-9-15-7-5-4-6-8-15)22-14-16-10-11-20-17(13-16)23-2;/h4-8,10-11,13H,3,9,12,14H2,1-2H3,(H2,19,21,22);1H. The van der Waals surface area contributed by atoms with E-state index in [1.165, 1.54) is 5.56 Å². The molecule has 0 radical (unpaired) electrons. The first-order valence-electron chi connectivity index (χ1n) is 7.87. The Morgan fingerprint density at radius 2 is 1.92 bits per heavy atom. The molecule has 0 fully saturated rings. The summed E-state index contributed by atoms with van der Waals surface area (Å²) in [5, 5.41) is 6.62. The van der Waals surface area contributed by atoms with Gasteiger partial charge in [-0.1, -0.05) is 30.3 Å². The summed E-state index contributed by atoms with van der Waals surface area (Å²) in [7, 11) is 1.62. The Kier molecular flexibility index (Phi) is 9.83. The van der Waals surface area contributed by atoms with E-state index >= 15 is 0 Å². The van der Waals surface area contributed by atoms with Crippen LogP contribution in [0.5, 0.6) is 5.88 Å². The number of aliphatic imine (C=N–C) groups is 1. The molecule has 1 aromatic heterocycles. The topological polar surface area (TPSA) is 58.5 Å². The summed E-state index contributed by atoms with van der Waals surface area (Å²) in [6, 6.07) is 14.3. The fraction of sp³-hybridized carbons (Fsp3) is 0.333. The van der Waals surface area contributed by atoms with Crippen LogP contribution in [0, 0.1) is 0 Å². The van der Waals surface area contributed by atoms with Crippen LogP contribution in [0.4, 0.5) is 0 Å². The van der Waals surface area contributed by atoms with Crippen molar-refractivity contribution in [2.45, 2.75) is 19.9 Å². The Labute approximate surface area is 161 Å². The zero-order valence-corrected chi connectivity index (χ0v) is 16.5. The Morgan fingerprint density at radius 3 is 2.62 bits per heavy atom. The first kappa shape index (κ1) is 20.2. The van der Waals surface area contributed by atoms with E-state index in [0.717, 1.165) is 31.0 Å². The molecule has 1 aromatic carbocycles. The molecule has 0 saturated carbocycles. The molecular formula is C18H25IN4O. The van der Waals surface area contributed by atoms with E-state index in [1.54, 1.807) is 13.3 Å². The van der Waals surface area contributed by atoms with Crippen LogP contribution in [-0.2, 0) is 13.0 Å². The molecule has 6 heteroatoms. The molecule has 0 aliphatic carbocycles. The van der Waals surface area contributed by atoms with E-state index in [9.17, 15) is 0 Å². The number of guanidine groups is 1. The molecule has 0 spiro atoms. The third kappa shape index (κ3) is 7.16. The van der Waals surface area contributed by atoms with Gasteiger partial charge in [-0.25, -0.2) is 9.98 Å². The van der Waals surface area contributed by atoms with Gasteiger partial charge < -0.3 is 15.4 Å². The third-order valence-corrected chi connectivity index (χ3v) is 3.32. The van der Waals surface area contributed by atoms with Crippen molar-refractivity contribution in [3.63, 3.8) is 0 Å². The summed E-state index contributed by atoms with van der Waals surface area (Å²) in [4.78, 5) is 8.70. The number of methoxy groups -OCH3 is 1. The number of rotatable bonds is 7. The normalized spacial score (nSPS) is 10.7. The maximum atomic E-state index is 5.13. The summed E-state index contributed by atoms with van der Waals surface area (Å²) in [5.41, 5.74) is 2.38. The minimum absolute atomic E-state index is 0. The van der Waals surface area contributed by atoms with Gasteiger partial charge in [0, 0.05) is 25.4 Å². The summed E-state index contributed by atoms with van der Waals surface area (Å²) in [6.07, 6.45) is 2.70. The molecular weight excluding hydrogens is 415 g/mol. The number of halogens is 1. The molecule has 24 heavy (non-hydrogen) atoms. The van der Waals surface area contributed by atoms with Gasteiger partial charge in [-0.15, -0.1) is 24.0 Å². The maximum absolute atomic E-state index is 5.13. The monoisotopic (exact) mass is 440 g/mol. The van der Waals surface area contributed by atoms with Crippen molar-refractivity contribution in [1.82, 2.24) is 15.6 Å². The SMILES string of the molecule is CCNC(=NCc1ccnc(OC)c1)NCCc1ccccc1.I. The molecule has 2 N–H and O–H groups in total. The van der Waals surface area contributed by atoms with Crippen LogP contribution in [-0.4, -0.2) is 31.1 Å². The number of ether oxygens (including phenoxy) is 1. The number of hydrogen-bond acceptors (Lipinski definition) is 3. The van der Waals surface area contributed by atoms with Gasteiger partial charge in [0.2, 0.25) is 5.88 Å². The fourth-order valence-electron chi connectivity index (χ4n) is 2.14. The summed E-state index contributed by atoms with van der Waals surface area (Å²) < 4.78 is 5.13. The van der Waals surface area contributed by atoms with Gasteiger partial charge in [0.25, 0.3) is 0 Å². The van der Waals surface area contributed by atoms with E-state index in [-0.39, 0.29) is 24.0 Å². The van der Waals surface area contributed by atoms with Crippen LogP contribution in [0.3, 0.4) is 0 Å². The molecule has 1 heterocycles. The molecule has 5 nitrogen and oxygen atoms in total. The average Bonchev–Trinajstić information content (AvgIpc) is 2.61. The van der Waals surface area contributed by atoms with E-state index in [1.807, 2.05) is 18.2 Å². The van der Waals surface area contributed by atoms with Crippen LogP contribution in [0.25, 0.3) is 0 Å². The predicted octanol–water partition coefficient (Wildman–Crippen LogP) is 3.01. The van der Waals surface area contributed by atoms with Gasteiger partial charge in [0.15, 0.2) is 5.96 Å². The second-order valence-corrected chi connectivity index (χ2v) is 5.06. The minimum atomic E-state index is 0. The first-order valence-corrected chi connectivity index (χ1v) is 7.87. The zero-order chi connectivity index (χ0) is 16.3. The quantitative estimate of drug-likeness (QED) is 0.395. The van der Waals surface area contributed by atoms with Gasteiger partial charge in [-0.05, 0) is 30.5 Å². The Morgan fingerprint density at radius 1 is 1.12 bits per heavy atom. The minimum Gasteiger partial charge on any atom is -0.481 e. The highest BCUT2D eigenvalue weighted by molar-refractivity contribution is 14.0. The summed E-state index contributed by atoms with van der Waals surface area (Å²) >= 11 is 0. The number of pyridine rings is 1. The number of nitrogens with zero attached hydrogens (tertiary/aromatic N) is 2. The van der Waals surface area contributed by atoms with E-state index < -0.39 is 0 Å². The van der Waals surface area contributed by atoms with Crippen molar-refractivity contribution < 1.29 is 4.74 Å². The van der Waals surface area contributed by atoms with Crippen molar-refractivity contribution in [3.8, 4) is 5.88 Å². The van der Waals surface area contributed by atoms with E-state index in [4.69, 9.17) is 4.74 Å². The lowest BCUT2D eigenvalue weighted by Gasteiger charge is -2.11. The van der Waals surface area contributed by atoms with Gasteiger partial charge in [0.1, 0.15) is 0 Å². The van der Waals surface area contributed by atoms with Crippen LogP contribution in [0.1, 0.15) is 18.1 Å². The van der Waals surface area contributed by atoms with Crippen molar-refractivity contribution in [1.29, 1.82) is 0 Å². The van der Waals surface area contributed by atoms with Crippen LogP contribution in [0.15, 0.2) is 53.7 Å². The second kappa shape index (κ2) is 11.7. The number of aromatic nitrogens is 1. The molecule has 0 saturated heterocycles. The van der Waals surface area contributed by atoms with E-state index in [2.05, 4.69) is 51.8 Å². The van der Waals surface area contributed by atoms with Crippen molar-refractivity contribution in [3.05, 3.63) is 59.8 Å². The van der Waals surface area contributed by atoms with Gasteiger partial charge in [-0.2, -0.15) is 0 Å². The molecule has 2 rings (SSSR count). The molecule has 0 bridgehead atoms. The molecule has 130 valence electrons. The largest absolute Gasteiger partial charge is 0.481 e. The molecule has 0 atom stereocenters.